The van der Waals surface area contributed by atoms with Gasteiger partial charge in [-0.25, -0.2) is 9.97 Å². The third kappa shape index (κ3) is 3.10. The van der Waals surface area contributed by atoms with Crippen molar-refractivity contribution in [2.75, 3.05) is 5.32 Å². The van der Waals surface area contributed by atoms with Crippen molar-refractivity contribution in [3.05, 3.63) is 55.0 Å². The van der Waals surface area contributed by atoms with Crippen molar-refractivity contribution in [2.45, 2.75) is 13.3 Å². The Bertz CT molecular complexity index is 1320. The summed E-state index contributed by atoms with van der Waals surface area (Å²) in [6.07, 6.45) is 5.52. The molecular weight excluding hydrogens is 366 g/mol. The van der Waals surface area contributed by atoms with Gasteiger partial charge in [0.15, 0.2) is 11.5 Å². The molecule has 5 aromatic rings. The zero-order valence-electron chi connectivity index (χ0n) is 15.6. The van der Waals surface area contributed by atoms with E-state index in [-0.39, 0.29) is 5.91 Å². The molecule has 1 amide bonds. The van der Waals surface area contributed by atoms with E-state index in [0.717, 1.165) is 33.2 Å². The van der Waals surface area contributed by atoms with Crippen molar-refractivity contribution in [3.8, 4) is 22.6 Å². The number of pyridine rings is 2. The molecule has 0 saturated heterocycles. The Labute approximate surface area is 165 Å². The molecule has 0 bridgehead atoms. The normalized spacial score (nSPS) is 11.2. The van der Waals surface area contributed by atoms with Crippen molar-refractivity contribution >= 4 is 33.7 Å². The summed E-state index contributed by atoms with van der Waals surface area (Å²) in [5, 5.41) is 11.0. The molecule has 0 spiro atoms. The molecule has 8 nitrogen and oxygen atoms in total. The van der Waals surface area contributed by atoms with Crippen molar-refractivity contribution in [1.29, 1.82) is 0 Å². The fraction of sp³-hybridized carbons (Fsp3) is 0.0952. The van der Waals surface area contributed by atoms with Crippen molar-refractivity contribution in [3.63, 3.8) is 0 Å². The standard InChI is InChI=1S/C21H17N7O/c1-2-18(29)24-14-7-12(9-22-11-14)13-8-15-19(27-28-20(15)23-10-13)21-25-16-5-3-4-6-17(16)26-21/h3-11H,2H2,1H3,(H,24,29)(H,25,26)(H,23,27,28). The lowest BCUT2D eigenvalue weighted by molar-refractivity contribution is -0.115. The largest absolute Gasteiger partial charge is 0.337 e. The minimum atomic E-state index is -0.0560. The van der Waals surface area contributed by atoms with Gasteiger partial charge in [0.25, 0.3) is 0 Å². The Morgan fingerprint density at radius 3 is 2.83 bits per heavy atom. The number of carbonyl (C=O) groups is 1. The molecule has 4 aromatic heterocycles. The minimum Gasteiger partial charge on any atom is -0.337 e. The van der Waals surface area contributed by atoms with Crippen molar-refractivity contribution < 1.29 is 4.79 Å². The maximum absolute atomic E-state index is 11.7. The number of nitrogens with one attached hydrogen (secondary N) is 3. The lowest BCUT2D eigenvalue weighted by atomic mass is 10.1. The molecule has 4 heterocycles. The number of anilines is 1. The predicted octanol–water partition coefficient (Wildman–Crippen LogP) is 3.91. The summed E-state index contributed by atoms with van der Waals surface area (Å²) in [5.74, 6) is 0.647. The third-order valence-electron chi connectivity index (χ3n) is 4.71. The van der Waals surface area contributed by atoms with E-state index in [4.69, 9.17) is 0 Å². The summed E-state index contributed by atoms with van der Waals surface area (Å²) >= 11 is 0. The van der Waals surface area contributed by atoms with E-state index in [1.807, 2.05) is 43.3 Å². The van der Waals surface area contributed by atoms with Gasteiger partial charge in [-0.1, -0.05) is 19.1 Å². The topological polar surface area (TPSA) is 112 Å². The zero-order chi connectivity index (χ0) is 19.8. The van der Waals surface area contributed by atoms with Crippen LogP contribution >= 0.6 is 0 Å². The van der Waals surface area contributed by atoms with Crippen LogP contribution in [0.3, 0.4) is 0 Å². The highest BCUT2D eigenvalue weighted by molar-refractivity contribution is 5.94. The maximum Gasteiger partial charge on any atom is 0.224 e. The highest BCUT2D eigenvalue weighted by Gasteiger charge is 2.14. The van der Waals surface area contributed by atoms with E-state index in [1.165, 1.54) is 0 Å². The number of carbonyl (C=O) groups excluding carboxylic acids is 1. The molecule has 0 saturated carbocycles. The zero-order valence-corrected chi connectivity index (χ0v) is 15.6. The van der Waals surface area contributed by atoms with Gasteiger partial charge < -0.3 is 10.3 Å². The highest BCUT2D eigenvalue weighted by Crippen LogP contribution is 2.29. The third-order valence-corrected chi connectivity index (χ3v) is 4.71. The van der Waals surface area contributed by atoms with Crippen molar-refractivity contribution in [1.82, 2.24) is 30.1 Å². The monoisotopic (exact) mass is 383 g/mol. The highest BCUT2D eigenvalue weighted by atomic mass is 16.1. The van der Waals surface area contributed by atoms with Gasteiger partial charge in [0, 0.05) is 29.9 Å². The average molecular weight is 383 g/mol. The van der Waals surface area contributed by atoms with Crippen LogP contribution < -0.4 is 5.32 Å². The summed E-state index contributed by atoms with van der Waals surface area (Å²) in [6.45, 7) is 1.81. The molecule has 8 heteroatoms. The maximum atomic E-state index is 11.7. The fourth-order valence-corrected chi connectivity index (χ4v) is 3.22. The van der Waals surface area contributed by atoms with E-state index in [2.05, 4.69) is 35.5 Å². The molecular formula is C21H17N7O. The number of fused-ring (bicyclic) bond motifs is 2. The summed E-state index contributed by atoms with van der Waals surface area (Å²) in [5.41, 5.74) is 5.60. The second-order valence-corrected chi connectivity index (χ2v) is 6.66. The minimum absolute atomic E-state index is 0.0560. The molecule has 142 valence electrons. The lowest BCUT2D eigenvalue weighted by Gasteiger charge is -2.06. The van der Waals surface area contributed by atoms with Crippen LogP contribution in [0.25, 0.3) is 44.7 Å². The van der Waals surface area contributed by atoms with E-state index < -0.39 is 0 Å². The average Bonchev–Trinajstić information content (AvgIpc) is 3.37. The van der Waals surface area contributed by atoms with Gasteiger partial charge in [-0.15, -0.1) is 0 Å². The van der Waals surface area contributed by atoms with Gasteiger partial charge >= 0.3 is 0 Å². The Morgan fingerprint density at radius 1 is 1.10 bits per heavy atom. The first-order valence-electron chi connectivity index (χ1n) is 9.26. The van der Waals surface area contributed by atoms with Crippen LogP contribution in [0.4, 0.5) is 5.69 Å². The predicted molar refractivity (Wildman–Crippen MR) is 111 cm³/mol. The number of para-hydroxylation sites is 2. The molecule has 0 radical (unpaired) electrons. The molecule has 0 unspecified atom stereocenters. The van der Waals surface area contributed by atoms with E-state index in [0.29, 0.717) is 23.6 Å². The molecule has 29 heavy (non-hydrogen) atoms. The number of benzene rings is 1. The number of nitrogens with zero attached hydrogens (tertiary/aromatic N) is 4. The van der Waals surface area contributed by atoms with Gasteiger partial charge in [-0.2, -0.15) is 5.10 Å². The number of H-pyrrole nitrogens is 2. The van der Waals surface area contributed by atoms with Crippen molar-refractivity contribution in [2.24, 2.45) is 0 Å². The van der Waals surface area contributed by atoms with Crippen LogP contribution in [0.2, 0.25) is 0 Å². The molecule has 1 aromatic carbocycles. The molecule has 0 aliphatic heterocycles. The number of imidazole rings is 1. The molecule has 5 rings (SSSR count). The number of hydrogen-bond acceptors (Lipinski definition) is 5. The number of amides is 1. The van der Waals surface area contributed by atoms with Crippen LogP contribution in [0, 0.1) is 0 Å². The van der Waals surface area contributed by atoms with E-state index in [1.54, 1.807) is 18.6 Å². The first-order chi connectivity index (χ1) is 14.2. The van der Waals surface area contributed by atoms with Crippen LogP contribution in [-0.4, -0.2) is 36.0 Å². The number of rotatable bonds is 4. The Kier molecular flexibility index (Phi) is 4.02. The van der Waals surface area contributed by atoms with Gasteiger partial charge in [0.05, 0.1) is 28.3 Å². The second-order valence-electron chi connectivity index (χ2n) is 6.66. The Morgan fingerprint density at radius 2 is 1.97 bits per heavy atom. The van der Waals surface area contributed by atoms with Crippen LogP contribution in [0.15, 0.2) is 55.0 Å². The van der Waals surface area contributed by atoms with Gasteiger partial charge in [0.2, 0.25) is 5.91 Å². The quantitative estimate of drug-likeness (QED) is 0.435. The summed E-state index contributed by atoms with van der Waals surface area (Å²) < 4.78 is 0. The molecule has 0 atom stereocenters. The first kappa shape index (κ1) is 17.1. The van der Waals surface area contributed by atoms with Gasteiger partial charge in [-0.3, -0.25) is 14.9 Å². The number of aromatic nitrogens is 6. The Hall–Kier alpha value is -4.07. The SMILES string of the molecule is CCC(=O)Nc1cncc(-c2cnc3n[nH]c(-c4nc5ccccc5[nH]4)c3c2)c1. The van der Waals surface area contributed by atoms with Crippen LogP contribution in [0.1, 0.15) is 13.3 Å². The molecule has 3 N–H and O–H groups in total. The van der Waals surface area contributed by atoms with Gasteiger partial charge in [0.1, 0.15) is 5.69 Å². The lowest BCUT2D eigenvalue weighted by Crippen LogP contribution is -2.09. The van der Waals surface area contributed by atoms with E-state index in [9.17, 15) is 4.79 Å². The second kappa shape index (κ2) is 6.83. The first-order valence-corrected chi connectivity index (χ1v) is 9.26. The van der Waals surface area contributed by atoms with E-state index >= 15 is 0 Å². The van der Waals surface area contributed by atoms with Crippen LogP contribution in [0.5, 0.6) is 0 Å². The smallest absolute Gasteiger partial charge is 0.224 e. The number of hydrogen-bond donors (Lipinski definition) is 3. The fourth-order valence-electron chi connectivity index (χ4n) is 3.22. The summed E-state index contributed by atoms with van der Waals surface area (Å²) in [4.78, 5) is 28.3. The molecule has 0 fully saturated rings. The van der Waals surface area contributed by atoms with Crippen LogP contribution in [-0.2, 0) is 4.79 Å². The Balaban J connectivity index is 1.58. The molecule has 0 aliphatic rings. The summed E-state index contributed by atoms with van der Waals surface area (Å²) in [6, 6.07) is 11.7. The number of aromatic amines is 2. The molecule has 0 aliphatic carbocycles. The van der Waals surface area contributed by atoms with Gasteiger partial charge in [-0.05, 0) is 24.3 Å². The summed E-state index contributed by atoms with van der Waals surface area (Å²) in [7, 11) is 0.